The Labute approximate surface area is 313 Å². The van der Waals surface area contributed by atoms with E-state index in [4.69, 9.17) is 0 Å². The maximum atomic E-state index is 3.28. The number of hydrogen-bond donors (Lipinski definition) is 0. The molecule has 0 aliphatic carbocycles. The molecule has 47 heavy (non-hydrogen) atoms. The fourth-order valence-electron chi connectivity index (χ4n) is 16.4. The molecular formula is C35H92Si12-. The topological polar surface area (TPSA) is 0 Å². The van der Waals surface area contributed by atoms with Crippen LogP contribution in [-0.4, -0.2) is 95.4 Å². The zero-order valence-electron chi connectivity index (χ0n) is 38.4. The third-order valence-corrected chi connectivity index (χ3v) is 143. The van der Waals surface area contributed by atoms with Crippen molar-refractivity contribution in [3.63, 3.8) is 0 Å². The first-order valence-electron chi connectivity index (χ1n) is 19.7. The molecule has 1 radical (unpaired) electrons. The van der Waals surface area contributed by atoms with Gasteiger partial charge < -0.3 is 8.55 Å². The van der Waals surface area contributed by atoms with Crippen molar-refractivity contribution in [2.24, 2.45) is 0 Å². The van der Waals surface area contributed by atoms with E-state index in [9.17, 15) is 0 Å². The van der Waals surface area contributed by atoms with Crippen molar-refractivity contribution in [1.29, 1.82) is 0 Å². The first-order chi connectivity index (χ1) is 19.9. The molecule has 0 aromatic carbocycles. The number of rotatable bonds is 15. The van der Waals surface area contributed by atoms with Gasteiger partial charge in [-0.25, -0.2) is 0 Å². The Morgan fingerprint density at radius 3 is 0.830 bits per heavy atom. The summed E-state index contributed by atoms with van der Waals surface area (Å²) in [7, 11) is -15.7. The van der Waals surface area contributed by atoms with Crippen molar-refractivity contribution < 1.29 is 0 Å². The Hall–Kier alpha value is 2.60. The van der Waals surface area contributed by atoms with Crippen molar-refractivity contribution in [3.8, 4) is 0 Å². The Bertz CT molecular complexity index is 1000. The van der Waals surface area contributed by atoms with Crippen molar-refractivity contribution >= 4 is 95.4 Å². The van der Waals surface area contributed by atoms with E-state index in [1.165, 1.54) is 13.3 Å². The van der Waals surface area contributed by atoms with Gasteiger partial charge in [-0.05, 0) is 0 Å². The molecule has 1 saturated heterocycles. The molecular weight excluding hydrogens is 757 g/mol. The second-order valence-corrected chi connectivity index (χ2v) is 104. The third kappa shape index (κ3) is 7.63. The lowest BCUT2D eigenvalue weighted by Crippen LogP contribution is -2.76. The molecule has 0 aromatic heterocycles. The van der Waals surface area contributed by atoms with E-state index in [-0.39, 0.29) is 0 Å². The summed E-state index contributed by atoms with van der Waals surface area (Å²) in [6, 6.07) is 0. The van der Waals surface area contributed by atoms with Gasteiger partial charge in [0.15, 0.2) is 0 Å². The van der Waals surface area contributed by atoms with Crippen molar-refractivity contribution in [3.05, 3.63) is 0 Å². The minimum atomic E-state index is -1.85. The zero-order valence-corrected chi connectivity index (χ0v) is 50.4. The van der Waals surface area contributed by atoms with Crippen LogP contribution in [0.5, 0.6) is 0 Å². The average molecular weight is 850 g/mol. The summed E-state index contributed by atoms with van der Waals surface area (Å²) in [5.74, 6) is 0. The molecule has 0 N–H and O–H groups in total. The van der Waals surface area contributed by atoms with Crippen LogP contribution < -0.4 is 0 Å². The normalized spacial score (nSPS) is 24.4. The van der Waals surface area contributed by atoms with Crippen LogP contribution in [0.3, 0.4) is 0 Å². The summed E-state index contributed by atoms with van der Waals surface area (Å²) in [4.78, 5) is 3.43. The first kappa shape index (κ1) is 47.6. The van der Waals surface area contributed by atoms with Gasteiger partial charge in [-0.1, -0.05) is 214 Å². The Balaban J connectivity index is 5.01. The highest BCUT2D eigenvalue weighted by atomic mass is 29.8. The zero-order chi connectivity index (χ0) is 38.6. The second-order valence-electron chi connectivity index (χ2n) is 26.1. The highest BCUT2D eigenvalue weighted by Gasteiger charge is 2.89. The van der Waals surface area contributed by atoms with Crippen LogP contribution in [0.1, 0.15) is 27.7 Å². The predicted molar refractivity (Wildman–Crippen MR) is 260 cm³/mol. The second kappa shape index (κ2) is 13.4. The molecule has 1 aliphatic heterocycles. The molecule has 2 unspecified atom stereocenters. The van der Waals surface area contributed by atoms with Crippen molar-refractivity contribution in [2.75, 3.05) is 0 Å². The number of hydrogen-bond acceptors (Lipinski definition) is 0. The predicted octanol–water partition coefficient (Wildman–Crippen LogP) is 14.0. The molecule has 0 spiro atoms. The minimum Gasteiger partial charge on any atom is -0.428 e. The molecule has 281 valence electrons. The maximum absolute atomic E-state index is 3.28. The lowest BCUT2D eigenvalue weighted by molar-refractivity contribution is 0.990. The lowest BCUT2D eigenvalue weighted by atomic mass is 10.6. The fraction of sp³-hybridized carbons (Fsp3) is 1.00. The van der Waals surface area contributed by atoms with Gasteiger partial charge in [-0.2, -0.15) is 0 Å². The molecule has 0 amide bonds. The van der Waals surface area contributed by atoms with E-state index in [0.29, 0.717) is 0 Å². The van der Waals surface area contributed by atoms with Gasteiger partial charge in [0.2, 0.25) is 0 Å². The molecule has 2 atom stereocenters. The lowest BCUT2D eigenvalue weighted by Gasteiger charge is -2.72. The van der Waals surface area contributed by atoms with Gasteiger partial charge >= 0.3 is 0 Å². The van der Waals surface area contributed by atoms with E-state index >= 15 is 0 Å². The van der Waals surface area contributed by atoms with E-state index in [0.717, 1.165) is 24.6 Å². The largest absolute Gasteiger partial charge is 0.428 e. The summed E-state index contributed by atoms with van der Waals surface area (Å²) >= 11 is 0. The van der Waals surface area contributed by atoms with Crippen LogP contribution >= 0.6 is 0 Å². The van der Waals surface area contributed by atoms with Crippen LogP contribution in [0, 0.1) is 0 Å². The van der Waals surface area contributed by atoms with Crippen LogP contribution in [-0.2, 0) is 0 Å². The van der Waals surface area contributed by atoms with Crippen molar-refractivity contribution in [2.45, 2.75) is 221 Å². The van der Waals surface area contributed by atoms with Gasteiger partial charge in [0.05, 0.1) is 0 Å². The SMILES string of the molecule is CC(C)[Si]([Si-][Si]1(C)C([Si](C)(C)C)([Si](C)(C)C)[Si]1(C(C)C)C([Si](C)(C)C)[Si](C)(C)C)(C([Si](C)(C)C)[Si](C)(C)C)C([Si](C)(C)C)[Si](C)(C)C. The third-order valence-electron chi connectivity index (χ3n) is 13.3. The summed E-state index contributed by atoms with van der Waals surface area (Å²) in [6.45, 7) is 84.5. The molecule has 0 bridgehead atoms. The molecule has 12 heteroatoms. The van der Waals surface area contributed by atoms with Gasteiger partial charge in [-0.3, -0.25) is 0 Å². The summed E-state index contributed by atoms with van der Waals surface area (Å²) in [5.41, 5.74) is 1.89. The minimum absolute atomic E-state index is 0.845. The summed E-state index contributed by atoms with van der Waals surface area (Å²) < 4.78 is 0.845. The maximum Gasteiger partial charge on any atom is 0.0418 e. The Morgan fingerprint density at radius 1 is 0.426 bits per heavy atom. The van der Waals surface area contributed by atoms with Crippen molar-refractivity contribution in [1.82, 2.24) is 0 Å². The Morgan fingerprint density at radius 2 is 0.681 bits per heavy atom. The molecule has 0 aromatic rings. The van der Waals surface area contributed by atoms with E-state index in [1.807, 2.05) is 0 Å². The monoisotopic (exact) mass is 848 g/mol. The first-order valence-corrected chi connectivity index (χ1v) is 59.1. The van der Waals surface area contributed by atoms with Gasteiger partial charge in [0.25, 0.3) is 0 Å². The van der Waals surface area contributed by atoms with E-state index in [2.05, 4.69) is 191 Å². The summed E-state index contributed by atoms with van der Waals surface area (Å²) in [6.07, 6.45) is 0. The molecule has 1 fully saturated rings. The van der Waals surface area contributed by atoms with Gasteiger partial charge in [-0.15, -0.1) is 21.2 Å². The van der Waals surface area contributed by atoms with E-state index < -0.39 is 86.9 Å². The molecule has 1 aliphatic rings. The van der Waals surface area contributed by atoms with Crippen LogP contribution in [0.4, 0.5) is 0 Å². The quantitative estimate of drug-likeness (QED) is 0.144. The van der Waals surface area contributed by atoms with Crippen LogP contribution in [0.25, 0.3) is 0 Å². The van der Waals surface area contributed by atoms with Gasteiger partial charge in [0.1, 0.15) is 0 Å². The van der Waals surface area contributed by atoms with Gasteiger partial charge in [0, 0.05) is 72.2 Å². The highest BCUT2D eigenvalue weighted by Crippen LogP contribution is 2.84. The Kier molecular flexibility index (Phi) is 13.6. The summed E-state index contributed by atoms with van der Waals surface area (Å²) in [5, 5.41) is 0. The standard InChI is InChI=1S/C35H92Si12/c1-30(2)46(32(37(5,6)7)38(8,9)10,33(39(11,12)13)40(14,15)16)36-45(29)35(43(23,24)25,44(26,27)28)47(45,31(3)4)34(41(17,18)19)42(20,21)22/h30-34H,1-29H3/q-1. The van der Waals surface area contributed by atoms with E-state index in [1.54, 1.807) is 0 Å². The average Bonchev–Trinajstić information content (AvgIpc) is 3.15. The van der Waals surface area contributed by atoms with Crippen LogP contribution in [0.15, 0.2) is 0 Å². The molecule has 1 rings (SSSR count). The molecule has 0 nitrogen and oxygen atoms in total. The fourth-order valence-corrected chi connectivity index (χ4v) is 267. The smallest absolute Gasteiger partial charge is 0.0418 e. The van der Waals surface area contributed by atoms with Crippen LogP contribution in [0.2, 0.25) is 193 Å². The molecule has 0 saturated carbocycles. The molecule has 1 heterocycles. The highest BCUT2D eigenvalue weighted by molar-refractivity contribution is 7.94.